The van der Waals surface area contributed by atoms with Crippen molar-refractivity contribution in [2.24, 2.45) is 0 Å². The summed E-state index contributed by atoms with van der Waals surface area (Å²) in [6.07, 6.45) is 16.4. The summed E-state index contributed by atoms with van der Waals surface area (Å²) in [5, 5.41) is 4.00. The third-order valence-corrected chi connectivity index (χ3v) is 6.50. The van der Waals surface area contributed by atoms with Gasteiger partial charge in [-0.25, -0.2) is 4.98 Å². The van der Waals surface area contributed by atoms with Gasteiger partial charge in [0.1, 0.15) is 11.3 Å². The Morgan fingerprint density at radius 1 is 1.00 bits per heavy atom. The van der Waals surface area contributed by atoms with Gasteiger partial charge in [-0.15, -0.1) is 0 Å². The van der Waals surface area contributed by atoms with E-state index in [2.05, 4.69) is 5.32 Å². The molecule has 27 heavy (non-hydrogen) atoms. The number of carbonyl (C=O) groups excluding carboxylic acids is 1. The molecule has 146 valence electrons. The summed E-state index contributed by atoms with van der Waals surface area (Å²) >= 11 is 6.18. The Kier molecular flexibility index (Phi) is 6.01. The number of nitrogens with zero attached hydrogens (tertiary/aromatic N) is 2. The summed E-state index contributed by atoms with van der Waals surface area (Å²) in [6, 6.07) is 3.99. The number of hydrogen-bond acceptors (Lipinski definition) is 2. The van der Waals surface area contributed by atoms with Crippen LogP contribution in [0.25, 0.3) is 5.65 Å². The van der Waals surface area contributed by atoms with Crippen LogP contribution in [0.5, 0.6) is 0 Å². The Morgan fingerprint density at radius 3 is 2.37 bits per heavy atom. The molecule has 4 rings (SSSR count). The third kappa shape index (κ3) is 4.31. The zero-order chi connectivity index (χ0) is 18.6. The summed E-state index contributed by atoms with van der Waals surface area (Å²) in [4.78, 5) is 18.2. The highest BCUT2D eigenvalue weighted by molar-refractivity contribution is 6.30. The van der Waals surface area contributed by atoms with Gasteiger partial charge in [-0.3, -0.25) is 9.20 Å². The van der Waals surface area contributed by atoms with E-state index in [1.807, 2.05) is 22.7 Å². The average molecular weight is 388 g/mol. The molecule has 2 fully saturated rings. The van der Waals surface area contributed by atoms with Crippen LogP contribution in [0.4, 0.5) is 0 Å². The van der Waals surface area contributed by atoms with Crippen molar-refractivity contribution in [2.45, 2.75) is 89.0 Å². The fourth-order valence-corrected chi connectivity index (χ4v) is 4.93. The van der Waals surface area contributed by atoms with Gasteiger partial charge in [0.15, 0.2) is 0 Å². The summed E-state index contributed by atoms with van der Waals surface area (Å²) in [5.74, 6) is 0.423. The molecule has 0 bridgehead atoms. The van der Waals surface area contributed by atoms with Crippen LogP contribution in [0.1, 0.15) is 99.2 Å². The van der Waals surface area contributed by atoms with Crippen LogP contribution in [-0.4, -0.2) is 21.3 Å². The molecular weight excluding hydrogens is 358 g/mol. The lowest BCUT2D eigenvalue weighted by Crippen LogP contribution is -2.36. The molecule has 5 heteroatoms. The van der Waals surface area contributed by atoms with Crippen molar-refractivity contribution in [3.8, 4) is 0 Å². The molecule has 0 radical (unpaired) electrons. The number of nitrogens with one attached hydrogen (secondary N) is 1. The molecule has 0 unspecified atom stereocenters. The van der Waals surface area contributed by atoms with E-state index in [4.69, 9.17) is 16.6 Å². The number of imidazole rings is 1. The van der Waals surface area contributed by atoms with E-state index < -0.39 is 0 Å². The Hall–Kier alpha value is -1.55. The Labute approximate surface area is 166 Å². The molecule has 2 aliphatic rings. The SMILES string of the molecule is O=C(NC1CCCCCCC1)c1c(C2CCCCC2)nc2cc(Cl)ccn12. The predicted octanol–water partition coefficient (Wildman–Crippen LogP) is 5.88. The minimum atomic E-state index is 0.0379. The van der Waals surface area contributed by atoms with Crippen LogP contribution in [0.15, 0.2) is 18.3 Å². The minimum absolute atomic E-state index is 0.0379. The first-order chi connectivity index (χ1) is 13.2. The van der Waals surface area contributed by atoms with Crippen LogP contribution in [0.2, 0.25) is 5.02 Å². The molecule has 2 saturated carbocycles. The number of carbonyl (C=O) groups is 1. The summed E-state index contributed by atoms with van der Waals surface area (Å²) in [7, 11) is 0. The molecule has 0 aromatic carbocycles. The standard InChI is InChI=1S/C22H30ClN3O/c23-17-13-14-26-19(15-17)25-20(16-9-5-4-6-10-16)21(26)22(27)24-18-11-7-2-1-3-8-12-18/h13-16,18H,1-12H2,(H,24,27). The van der Waals surface area contributed by atoms with E-state index in [1.165, 1.54) is 51.4 Å². The second-order valence-corrected chi connectivity index (χ2v) is 8.71. The highest BCUT2D eigenvalue weighted by Gasteiger charge is 2.28. The molecule has 0 spiro atoms. The van der Waals surface area contributed by atoms with Crippen molar-refractivity contribution in [2.75, 3.05) is 0 Å². The van der Waals surface area contributed by atoms with Crippen molar-refractivity contribution in [3.63, 3.8) is 0 Å². The number of fused-ring (bicyclic) bond motifs is 1. The molecule has 2 aliphatic carbocycles. The van der Waals surface area contributed by atoms with E-state index in [0.717, 1.165) is 42.7 Å². The minimum Gasteiger partial charge on any atom is -0.348 e. The topological polar surface area (TPSA) is 46.4 Å². The van der Waals surface area contributed by atoms with Crippen molar-refractivity contribution >= 4 is 23.2 Å². The molecule has 0 atom stereocenters. The van der Waals surface area contributed by atoms with Crippen LogP contribution in [0.3, 0.4) is 0 Å². The second kappa shape index (κ2) is 8.64. The molecule has 1 amide bonds. The number of pyridine rings is 1. The summed E-state index contributed by atoms with van der Waals surface area (Å²) < 4.78 is 1.94. The molecule has 2 heterocycles. The van der Waals surface area contributed by atoms with Crippen molar-refractivity contribution in [3.05, 3.63) is 34.7 Å². The fraction of sp³-hybridized carbons (Fsp3) is 0.636. The maximum absolute atomic E-state index is 13.3. The maximum atomic E-state index is 13.3. The van der Waals surface area contributed by atoms with E-state index in [9.17, 15) is 4.79 Å². The highest BCUT2D eigenvalue weighted by Crippen LogP contribution is 2.35. The van der Waals surface area contributed by atoms with Crippen LogP contribution in [-0.2, 0) is 0 Å². The zero-order valence-corrected chi connectivity index (χ0v) is 16.8. The van der Waals surface area contributed by atoms with Crippen molar-refractivity contribution < 1.29 is 4.79 Å². The summed E-state index contributed by atoms with van der Waals surface area (Å²) in [6.45, 7) is 0. The number of hydrogen-bond donors (Lipinski definition) is 1. The molecule has 0 saturated heterocycles. The van der Waals surface area contributed by atoms with Gasteiger partial charge in [-0.2, -0.15) is 0 Å². The Balaban J connectivity index is 1.64. The van der Waals surface area contributed by atoms with E-state index >= 15 is 0 Å². The van der Waals surface area contributed by atoms with E-state index in [1.54, 1.807) is 0 Å². The largest absolute Gasteiger partial charge is 0.348 e. The monoisotopic (exact) mass is 387 g/mol. The summed E-state index contributed by atoms with van der Waals surface area (Å²) in [5.41, 5.74) is 2.49. The van der Waals surface area contributed by atoms with Gasteiger partial charge in [-0.1, -0.05) is 63.0 Å². The van der Waals surface area contributed by atoms with Gasteiger partial charge < -0.3 is 5.32 Å². The second-order valence-electron chi connectivity index (χ2n) is 8.27. The fourth-order valence-electron chi connectivity index (χ4n) is 4.78. The normalized spacial score (nSPS) is 20.3. The van der Waals surface area contributed by atoms with Gasteiger partial charge >= 0.3 is 0 Å². The lowest BCUT2D eigenvalue weighted by molar-refractivity contribution is 0.0922. The van der Waals surface area contributed by atoms with Crippen molar-refractivity contribution in [1.82, 2.24) is 14.7 Å². The molecule has 2 aromatic rings. The van der Waals surface area contributed by atoms with Crippen molar-refractivity contribution in [1.29, 1.82) is 0 Å². The first-order valence-corrected chi connectivity index (χ1v) is 11.1. The molecule has 1 N–H and O–H groups in total. The molecule has 4 nitrogen and oxygen atoms in total. The number of rotatable bonds is 3. The first-order valence-electron chi connectivity index (χ1n) is 10.7. The lowest BCUT2D eigenvalue weighted by atomic mass is 9.86. The van der Waals surface area contributed by atoms with Gasteiger partial charge in [0.2, 0.25) is 0 Å². The third-order valence-electron chi connectivity index (χ3n) is 6.26. The predicted molar refractivity (Wildman–Crippen MR) is 110 cm³/mol. The van der Waals surface area contributed by atoms with Gasteiger partial charge in [0, 0.05) is 29.2 Å². The number of amides is 1. The number of aromatic nitrogens is 2. The lowest BCUT2D eigenvalue weighted by Gasteiger charge is -2.23. The molecule has 0 aliphatic heterocycles. The quantitative estimate of drug-likeness (QED) is 0.714. The van der Waals surface area contributed by atoms with Gasteiger partial charge in [-0.05, 0) is 31.7 Å². The van der Waals surface area contributed by atoms with Crippen LogP contribution in [0, 0.1) is 0 Å². The Bertz CT molecular complexity index is 786. The number of halogens is 1. The van der Waals surface area contributed by atoms with Crippen LogP contribution < -0.4 is 5.32 Å². The maximum Gasteiger partial charge on any atom is 0.270 e. The van der Waals surface area contributed by atoms with E-state index in [-0.39, 0.29) is 11.9 Å². The molecular formula is C22H30ClN3O. The highest BCUT2D eigenvalue weighted by atomic mass is 35.5. The Morgan fingerprint density at radius 2 is 1.63 bits per heavy atom. The van der Waals surface area contributed by atoms with Gasteiger partial charge in [0.05, 0.1) is 5.69 Å². The zero-order valence-electron chi connectivity index (χ0n) is 16.1. The van der Waals surface area contributed by atoms with Gasteiger partial charge in [0.25, 0.3) is 5.91 Å². The average Bonchev–Trinajstić information content (AvgIpc) is 3.03. The molecule has 2 aromatic heterocycles. The van der Waals surface area contributed by atoms with E-state index in [0.29, 0.717) is 10.9 Å². The smallest absolute Gasteiger partial charge is 0.270 e. The first kappa shape index (κ1) is 18.8. The van der Waals surface area contributed by atoms with Crippen LogP contribution >= 0.6 is 11.6 Å².